The minimum Gasteiger partial charge on any atom is -0.481 e. The topological polar surface area (TPSA) is 71.4 Å². The molecule has 0 aliphatic heterocycles. The third-order valence-electron chi connectivity index (χ3n) is 3.38. The monoisotopic (exact) mass is 364 g/mol. The van der Waals surface area contributed by atoms with E-state index in [9.17, 15) is 17.6 Å². The Morgan fingerprint density at radius 2 is 2.05 bits per heavy atom. The molecule has 0 amide bonds. The summed E-state index contributed by atoms with van der Waals surface area (Å²) in [6.07, 6.45) is 1.15. The summed E-state index contributed by atoms with van der Waals surface area (Å²) < 4.78 is 37.6. The maximum atomic E-state index is 13.1. The Morgan fingerprint density at radius 1 is 1.40 bits per heavy atom. The molecule has 7 heteroatoms. The number of halogens is 2. The summed E-state index contributed by atoms with van der Waals surface area (Å²) in [5, 5.41) is 8.80. The Balaban J connectivity index is 2.08. The number of benzene rings is 1. The molecule has 0 unspecified atom stereocenters. The molecule has 1 aromatic carbocycles. The Morgan fingerprint density at radius 3 is 2.55 bits per heavy atom. The normalized spacial score (nSPS) is 16.9. The standard InChI is InChI=1S/C13H14BrFO4S/c14-10-5-9(1-2-11(10)15)7-20(18,19)8-13(3-4-13)6-12(16)17/h1-2,5H,3-4,6-8H2,(H,16,17). The molecule has 20 heavy (non-hydrogen) atoms. The third kappa shape index (κ3) is 4.02. The van der Waals surface area contributed by atoms with Crippen molar-refractivity contribution in [3.05, 3.63) is 34.1 Å². The van der Waals surface area contributed by atoms with Crippen LogP contribution in [0.2, 0.25) is 0 Å². The number of hydrogen-bond donors (Lipinski definition) is 1. The third-order valence-corrected chi connectivity index (χ3v) is 5.81. The van der Waals surface area contributed by atoms with Crippen LogP contribution in [0.1, 0.15) is 24.8 Å². The first kappa shape index (κ1) is 15.4. The lowest BCUT2D eigenvalue weighted by molar-refractivity contribution is -0.138. The fourth-order valence-corrected chi connectivity index (χ4v) is 4.81. The van der Waals surface area contributed by atoms with E-state index < -0.39 is 27.0 Å². The summed E-state index contributed by atoms with van der Waals surface area (Å²) in [4.78, 5) is 10.7. The first-order valence-corrected chi connectivity index (χ1v) is 8.69. The minimum atomic E-state index is -3.41. The summed E-state index contributed by atoms with van der Waals surface area (Å²) in [5.74, 6) is -1.74. The van der Waals surface area contributed by atoms with E-state index in [4.69, 9.17) is 5.11 Å². The van der Waals surface area contributed by atoms with E-state index in [1.807, 2.05) is 0 Å². The summed E-state index contributed by atoms with van der Waals surface area (Å²) in [6.45, 7) is 0. The van der Waals surface area contributed by atoms with Crippen molar-refractivity contribution >= 4 is 31.7 Å². The lowest BCUT2D eigenvalue weighted by Crippen LogP contribution is -2.21. The molecule has 0 atom stereocenters. The molecule has 0 aromatic heterocycles. The molecule has 4 nitrogen and oxygen atoms in total. The zero-order valence-electron chi connectivity index (χ0n) is 10.6. The van der Waals surface area contributed by atoms with Crippen LogP contribution in [-0.2, 0) is 20.4 Å². The Hall–Kier alpha value is -0.950. The summed E-state index contributed by atoms with van der Waals surface area (Å²) in [6, 6.07) is 4.07. The van der Waals surface area contributed by atoms with Crippen LogP contribution in [0, 0.1) is 11.2 Å². The zero-order valence-corrected chi connectivity index (χ0v) is 13.0. The van der Waals surface area contributed by atoms with Gasteiger partial charge in [0, 0.05) is 0 Å². The van der Waals surface area contributed by atoms with E-state index in [1.54, 1.807) is 0 Å². The average Bonchev–Trinajstić information content (AvgIpc) is 3.00. The molecule has 0 radical (unpaired) electrons. The van der Waals surface area contributed by atoms with E-state index in [2.05, 4.69) is 15.9 Å². The summed E-state index contributed by atoms with van der Waals surface area (Å²) in [5.41, 5.74) is -0.105. The number of hydrogen-bond acceptors (Lipinski definition) is 3. The van der Waals surface area contributed by atoms with E-state index in [0.717, 1.165) is 0 Å². The van der Waals surface area contributed by atoms with Crippen LogP contribution < -0.4 is 0 Å². The lowest BCUT2D eigenvalue weighted by atomic mass is 10.1. The van der Waals surface area contributed by atoms with Gasteiger partial charge in [0.25, 0.3) is 0 Å². The van der Waals surface area contributed by atoms with Gasteiger partial charge in [-0.25, -0.2) is 12.8 Å². The minimum absolute atomic E-state index is 0.112. The number of sulfone groups is 1. The van der Waals surface area contributed by atoms with Crippen LogP contribution in [-0.4, -0.2) is 25.2 Å². The van der Waals surface area contributed by atoms with Crippen molar-refractivity contribution < 1.29 is 22.7 Å². The highest BCUT2D eigenvalue weighted by molar-refractivity contribution is 9.10. The van der Waals surface area contributed by atoms with E-state index >= 15 is 0 Å². The van der Waals surface area contributed by atoms with Crippen molar-refractivity contribution in [1.29, 1.82) is 0 Å². The molecule has 0 spiro atoms. The Labute approximate surface area is 125 Å². The molecule has 2 rings (SSSR count). The van der Waals surface area contributed by atoms with E-state index in [-0.39, 0.29) is 22.4 Å². The lowest BCUT2D eigenvalue weighted by Gasteiger charge is -2.13. The largest absolute Gasteiger partial charge is 0.481 e. The van der Waals surface area contributed by atoms with Crippen molar-refractivity contribution in [3.63, 3.8) is 0 Å². The van der Waals surface area contributed by atoms with Crippen LogP contribution in [0.5, 0.6) is 0 Å². The molecule has 1 aliphatic carbocycles. The van der Waals surface area contributed by atoms with Gasteiger partial charge in [-0.2, -0.15) is 0 Å². The maximum absolute atomic E-state index is 13.1. The molecular weight excluding hydrogens is 351 g/mol. The van der Waals surface area contributed by atoms with Crippen molar-refractivity contribution in [1.82, 2.24) is 0 Å². The summed E-state index contributed by atoms with van der Waals surface area (Å²) in [7, 11) is -3.41. The maximum Gasteiger partial charge on any atom is 0.303 e. The molecule has 1 N–H and O–H groups in total. The Bertz CT molecular complexity index is 638. The van der Waals surface area contributed by atoms with E-state index in [0.29, 0.717) is 18.4 Å². The highest BCUT2D eigenvalue weighted by Crippen LogP contribution is 2.50. The SMILES string of the molecule is O=C(O)CC1(CS(=O)(=O)Cc2ccc(F)c(Br)c2)CC1. The van der Waals surface area contributed by atoms with Gasteiger partial charge in [-0.15, -0.1) is 0 Å². The first-order chi connectivity index (χ1) is 9.21. The van der Waals surface area contributed by atoms with Crippen molar-refractivity contribution in [3.8, 4) is 0 Å². The summed E-state index contributed by atoms with van der Waals surface area (Å²) >= 11 is 3.01. The number of carboxylic acids is 1. The molecule has 0 saturated heterocycles. The van der Waals surface area contributed by atoms with Gasteiger partial charge in [0.1, 0.15) is 5.82 Å². The fourth-order valence-electron chi connectivity index (χ4n) is 2.27. The molecule has 1 aliphatic rings. The second kappa shape index (κ2) is 5.44. The zero-order chi connectivity index (χ0) is 15.0. The first-order valence-electron chi connectivity index (χ1n) is 6.08. The number of carboxylic acid groups (broad SMARTS) is 1. The average molecular weight is 365 g/mol. The van der Waals surface area contributed by atoms with Gasteiger partial charge in [-0.3, -0.25) is 4.79 Å². The quantitative estimate of drug-likeness (QED) is 0.842. The number of rotatable bonds is 6. The van der Waals surface area contributed by atoms with Crippen molar-refractivity contribution in [2.24, 2.45) is 5.41 Å². The molecule has 0 heterocycles. The predicted molar refractivity (Wildman–Crippen MR) is 75.5 cm³/mol. The van der Waals surface area contributed by atoms with Gasteiger partial charge in [-0.05, 0) is 51.9 Å². The molecule has 110 valence electrons. The van der Waals surface area contributed by atoms with Crippen molar-refractivity contribution in [2.75, 3.05) is 5.75 Å². The van der Waals surface area contributed by atoms with E-state index in [1.165, 1.54) is 18.2 Å². The van der Waals surface area contributed by atoms with Crippen LogP contribution in [0.4, 0.5) is 4.39 Å². The number of aliphatic carboxylic acids is 1. The smallest absolute Gasteiger partial charge is 0.303 e. The van der Waals surface area contributed by atoms with Crippen LogP contribution >= 0.6 is 15.9 Å². The molecule has 1 saturated carbocycles. The van der Waals surface area contributed by atoms with Gasteiger partial charge in [-0.1, -0.05) is 6.07 Å². The Kier molecular flexibility index (Phi) is 4.20. The molecular formula is C13H14BrFO4S. The highest BCUT2D eigenvalue weighted by atomic mass is 79.9. The van der Waals surface area contributed by atoms with Gasteiger partial charge in [0.05, 0.1) is 22.4 Å². The molecule has 1 aromatic rings. The molecule has 1 fully saturated rings. The second-order valence-corrected chi connectivity index (χ2v) is 8.27. The fraction of sp³-hybridized carbons (Fsp3) is 0.462. The molecule has 0 bridgehead atoms. The van der Waals surface area contributed by atoms with Gasteiger partial charge >= 0.3 is 5.97 Å². The van der Waals surface area contributed by atoms with Crippen LogP contribution in [0.3, 0.4) is 0 Å². The predicted octanol–water partition coefficient (Wildman–Crippen LogP) is 2.76. The second-order valence-electron chi connectivity index (χ2n) is 5.35. The van der Waals surface area contributed by atoms with Gasteiger partial charge < -0.3 is 5.11 Å². The van der Waals surface area contributed by atoms with Crippen molar-refractivity contribution in [2.45, 2.75) is 25.0 Å². The van der Waals surface area contributed by atoms with Gasteiger partial charge in [0.2, 0.25) is 0 Å². The highest BCUT2D eigenvalue weighted by Gasteiger charge is 2.47. The van der Waals surface area contributed by atoms with Crippen LogP contribution in [0.25, 0.3) is 0 Å². The number of carbonyl (C=O) groups is 1. The van der Waals surface area contributed by atoms with Crippen LogP contribution in [0.15, 0.2) is 22.7 Å². The van der Waals surface area contributed by atoms with Gasteiger partial charge in [0.15, 0.2) is 9.84 Å².